The number of halogens is 4. The smallest absolute Gasteiger partial charge is 0.394 e. The number of aromatic amines is 1. The summed E-state index contributed by atoms with van der Waals surface area (Å²) in [6.45, 7) is -0.789. The molecule has 4 atom stereocenters. The zero-order valence-electron chi connectivity index (χ0n) is 10.2. The van der Waals surface area contributed by atoms with Crippen molar-refractivity contribution in [1.82, 2.24) is 9.55 Å². The average molecular weight is 314 g/mol. The van der Waals surface area contributed by atoms with E-state index in [4.69, 9.17) is 9.84 Å². The van der Waals surface area contributed by atoms with Crippen LogP contribution in [0.2, 0.25) is 0 Å². The Morgan fingerprint density at radius 1 is 1.38 bits per heavy atom. The van der Waals surface area contributed by atoms with E-state index < -0.39 is 54.2 Å². The van der Waals surface area contributed by atoms with E-state index in [1.807, 2.05) is 0 Å². The van der Waals surface area contributed by atoms with Gasteiger partial charge in [-0.3, -0.25) is 14.3 Å². The van der Waals surface area contributed by atoms with Crippen LogP contribution in [-0.2, 0) is 10.9 Å². The van der Waals surface area contributed by atoms with Gasteiger partial charge in [0.05, 0.1) is 6.61 Å². The maximum Gasteiger partial charge on any atom is 0.423 e. The predicted octanol–water partition coefficient (Wildman–Crippen LogP) is -0.856. The van der Waals surface area contributed by atoms with E-state index in [2.05, 4.69) is 0 Å². The second kappa shape index (κ2) is 5.24. The van der Waals surface area contributed by atoms with E-state index in [1.54, 1.807) is 0 Å². The Kier molecular flexibility index (Phi) is 3.91. The number of H-pyrrole nitrogens is 1. The van der Waals surface area contributed by atoms with Crippen LogP contribution in [0.1, 0.15) is 11.8 Å². The number of aliphatic hydroxyl groups is 2. The third-order valence-corrected chi connectivity index (χ3v) is 3.02. The molecule has 0 amide bonds. The number of ether oxygens (including phenoxy) is 1. The highest BCUT2D eigenvalue weighted by Gasteiger charge is 2.46. The molecule has 11 heteroatoms. The quantitative estimate of drug-likeness (QED) is 0.617. The van der Waals surface area contributed by atoms with Gasteiger partial charge in [0.25, 0.3) is 5.56 Å². The largest absolute Gasteiger partial charge is 0.423 e. The fourth-order valence-electron chi connectivity index (χ4n) is 1.95. The highest BCUT2D eigenvalue weighted by Crippen LogP contribution is 2.32. The molecule has 1 aliphatic rings. The van der Waals surface area contributed by atoms with Crippen LogP contribution in [0.25, 0.3) is 0 Å². The van der Waals surface area contributed by atoms with Crippen LogP contribution >= 0.6 is 0 Å². The molecule has 0 spiro atoms. The first kappa shape index (κ1) is 15.7. The Morgan fingerprint density at radius 3 is 2.48 bits per heavy atom. The van der Waals surface area contributed by atoms with Crippen molar-refractivity contribution in [2.45, 2.75) is 30.8 Å². The van der Waals surface area contributed by atoms with Crippen LogP contribution in [0.4, 0.5) is 17.6 Å². The van der Waals surface area contributed by atoms with Crippen molar-refractivity contribution in [3.05, 3.63) is 32.6 Å². The summed E-state index contributed by atoms with van der Waals surface area (Å²) in [7, 11) is 0. The van der Waals surface area contributed by atoms with Gasteiger partial charge in [-0.25, -0.2) is 9.18 Å². The molecule has 1 aliphatic heterocycles. The lowest BCUT2D eigenvalue weighted by molar-refractivity contribution is -0.139. The molecule has 1 saturated heterocycles. The zero-order valence-corrected chi connectivity index (χ0v) is 10.2. The molecule has 3 N–H and O–H groups in total. The van der Waals surface area contributed by atoms with Crippen molar-refractivity contribution in [2.24, 2.45) is 0 Å². The third-order valence-electron chi connectivity index (χ3n) is 3.02. The number of hydrogen-bond donors (Lipinski definition) is 3. The molecule has 21 heavy (non-hydrogen) atoms. The van der Waals surface area contributed by atoms with Gasteiger partial charge in [-0.15, -0.1) is 0 Å². The average Bonchev–Trinajstić information content (AvgIpc) is 2.65. The van der Waals surface area contributed by atoms with Crippen molar-refractivity contribution in [3.63, 3.8) is 0 Å². The molecular formula is C10H10F4N2O5. The first-order chi connectivity index (χ1) is 9.66. The summed E-state index contributed by atoms with van der Waals surface area (Å²) in [5, 5.41) is 18.2. The molecule has 2 rings (SSSR count). The first-order valence-corrected chi connectivity index (χ1v) is 5.68. The lowest BCUT2D eigenvalue weighted by Gasteiger charge is -2.17. The molecular weight excluding hydrogens is 304 g/mol. The third kappa shape index (κ3) is 2.71. The molecule has 0 unspecified atom stereocenters. The predicted molar refractivity (Wildman–Crippen MR) is 58.2 cm³/mol. The van der Waals surface area contributed by atoms with E-state index in [1.165, 1.54) is 4.98 Å². The minimum Gasteiger partial charge on any atom is -0.394 e. The van der Waals surface area contributed by atoms with Crippen LogP contribution in [0, 0.1) is 0 Å². The van der Waals surface area contributed by atoms with Gasteiger partial charge in [-0.2, -0.15) is 13.2 Å². The molecule has 118 valence electrons. The summed E-state index contributed by atoms with van der Waals surface area (Å²) in [4.78, 5) is 24.0. The van der Waals surface area contributed by atoms with Gasteiger partial charge in [0, 0.05) is 6.20 Å². The first-order valence-electron chi connectivity index (χ1n) is 5.68. The van der Waals surface area contributed by atoms with Crippen LogP contribution in [0.15, 0.2) is 15.8 Å². The van der Waals surface area contributed by atoms with Crippen LogP contribution in [-0.4, -0.2) is 44.8 Å². The number of nitrogens with zero attached hydrogens (tertiary/aromatic N) is 1. The van der Waals surface area contributed by atoms with E-state index >= 15 is 0 Å². The van der Waals surface area contributed by atoms with Crippen molar-refractivity contribution in [2.75, 3.05) is 6.61 Å². The number of alkyl halides is 4. The lowest BCUT2D eigenvalue weighted by atomic mass is 10.1. The van der Waals surface area contributed by atoms with Crippen molar-refractivity contribution in [3.8, 4) is 0 Å². The zero-order chi connectivity index (χ0) is 15.9. The minimum atomic E-state index is -5.05. The summed E-state index contributed by atoms with van der Waals surface area (Å²) in [5.41, 5.74) is -4.71. The van der Waals surface area contributed by atoms with Crippen molar-refractivity contribution in [1.29, 1.82) is 0 Å². The molecule has 2 heterocycles. The number of rotatable bonds is 2. The second-order valence-electron chi connectivity index (χ2n) is 4.39. The SMILES string of the molecule is O=c1[nH]c(=O)n([C@@H]2O[C@H](CO)[C@@H](O)[C@H]2F)cc1C(F)(F)F. The molecule has 1 fully saturated rings. The summed E-state index contributed by atoms with van der Waals surface area (Å²) >= 11 is 0. The van der Waals surface area contributed by atoms with Crippen molar-refractivity contribution < 1.29 is 32.5 Å². The number of aliphatic hydroxyl groups excluding tert-OH is 2. The van der Waals surface area contributed by atoms with Gasteiger partial charge in [0.15, 0.2) is 12.4 Å². The summed E-state index contributed by atoms with van der Waals surface area (Å²) in [6.07, 6.45) is -12.3. The Hall–Kier alpha value is -1.72. The normalized spacial score (nSPS) is 29.8. The molecule has 0 saturated carbocycles. The van der Waals surface area contributed by atoms with Gasteiger partial charge < -0.3 is 14.9 Å². The minimum absolute atomic E-state index is 0.116. The summed E-state index contributed by atoms with van der Waals surface area (Å²) in [5.74, 6) is 0. The van der Waals surface area contributed by atoms with Gasteiger partial charge in [-0.1, -0.05) is 0 Å². The van der Waals surface area contributed by atoms with Crippen molar-refractivity contribution >= 4 is 0 Å². The summed E-state index contributed by atoms with van der Waals surface area (Å²) < 4.78 is 56.6. The molecule has 0 aromatic carbocycles. The van der Waals surface area contributed by atoms with Crippen LogP contribution < -0.4 is 11.2 Å². The fraction of sp³-hybridized carbons (Fsp3) is 0.600. The number of nitrogens with one attached hydrogen (secondary N) is 1. The Labute approximate surface area is 113 Å². The van der Waals surface area contributed by atoms with Crippen LogP contribution in [0.3, 0.4) is 0 Å². The van der Waals surface area contributed by atoms with Gasteiger partial charge in [0.1, 0.15) is 17.8 Å². The van der Waals surface area contributed by atoms with Gasteiger partial charge in [0.2, 0.25) is 0 Å². The molecule has 1 aromatic rings. The maximum atomic E-state index is 13.8. The van der Waals surface area contributed by atoms with Crippen LogP contribution in [0.5, 0.6) is 0 Å². The molecule has 0 aliphatic carbocycles. The second-order valence-corrected chi connectivity index (χ2v) is 4.39. The topological polar surface area (TPSA) is 105 Å². The Morgan fingerprint density at radius 2 is 2.00 bits per heavy atom. The van der Waals surface area contributed by atoms with E-state index in [9.17, 15) is 32.3 Å². The standard InChI is InChI=1S/C10H10F4N2O5/c11-5-6(18)4(2-17)21-8(5)16-1-3(10(12,13)14)7(19)15-9(16)20/h1,4-6,8,17-18H,2H2,(H,15,19,20)/t4-,5-,6-,8-/m1/s1. The highest BCUT2D eigenvalue weighted by molar-refractivity contribution is 5.10. The Bertz CT molecular complexity index is 640. The van der Waals surface area contributed by atoms with E-state index in [-0.39, 0.29) is 10.8 Å². The van der Waals surface area contributed by atoms with E-state index in [0.717, 1.165) is 0 Å². The van der Waals surface area contributed by atoms with Gasteiger partial charge in [-0.05, 0) is 0 Å². The highest BCUT2D eigenvalue weighted by atomic mass is 19.4. The summed E-state index contributed by atoms with van der Waals surface area (Å²) in [6, 6.07) is 0. The maximum absolute atomic E-state index is 13.8. The number of hydrogen-bond acceptors (Lipinski definition) is 5. The molecule has 7 nitrogen and oxygen atoms in total. The van der Waals surface area contributed by atoms with E-state index in [0.29, 0.717) is 0 Å². The Balaban J connectivity index is 2.50. The molecule has 1 aromatic heterocycles. The number of aromatic nitrogens is 2. The molecule has 0 bridgehead atoms. The fourth-order valence-corrected chi connectivity index (χ4v) is 1.95. The lowest BCUT2D eigenvalue weighted by Crippen LogP contribution is -2.39. The molecule has 0 radical (unpaired) electrons. The van der Waals surface area contributed by atoms with Gasteiger partial charge >= 0.3 is 11.9 Å². The monoisotopic (exact) mass is 314 g/mol.